The Hall–Kier alpha value is -2.75. The molecule has 28 heavy (non-hydrogen) atoms. The molecule has 4 heteroatoms. The molecule has 2 aromatic carbocycles. The van der Waals surface area contributed by atoms with Crippen LogP contribution >= 0.6 is 0 Å². The number of carbonyl (C=O) groups excluding carboxylic acids is 1. The quantitative estimate of drug-likeness (QED) is 0.394. The lowest BCUT2D eigenvalue weighted by Gasteiger charge is -2.23. The van der Waals surface area contributed by atoms with Gasteiger partial charge >= 0.3 is 5.97 Å². The standard InChI is InChI=1S/C24H28O4/c1-14(2)16-12-17-18(10-15-8-9-20(26-6)21(11-15)27-7)23(25)28-22(17)19(13-16)24(3,4)5/h8-14H,1-7H3/b18-10+. The molecule has 0 amide bonds. The van der Waals surface area contributed by atoms with Gasteiger partial charge in [-0.15, -0.1) is 0 Å². The van der Waals surface area contributed by atoms with Gasteiger partial charge in [0.05, 0.1) is 19.8 Å². The maximum Gasteiger partial charge on any atom is 0.344 e. The zero-order chi connectivity index (χ0) is 20.6. The highest BCUT2D eigenvalue weighted by atomic mass is 16.5. The van der Waals surface area contributed by atoms with Gasteiger partial charge in [-0.3, -0.25) is 0 Å². The monoisotopic (exact) mass is 380 g/mol. The van der Waals surface area contributed by atoms with Crippen molar-refractivity contribution in [1.29, 1.82) is 0 Å². The van der Waals surface area contributed by atoms with E-state index in [0.29, 0.717) is 28.7 Å². The van der Waals surface area contributed by atoms with E-state index in [-0.39, 0.29) is 11.4 Å². The van der Waals surface area contributed by atoms with Crippen molar-refractivity contribution in [3.8, 4) is 17.2 Å². The van der Waals surface area contributed by atoms with Crippen LogP contribution in [-0.4, -0.2) is 20.2 Å². The molecule has 0 aromatic heterocycles. The van der Waals surface area contributed by atoms with Gasteiger partial charge in [-0.05, 0) is 46.7 Å². The molecule has 0 saturated heterocycles. The molecule has 4 nitrogen and oxygen atoms in total. The highest BCUT2D eigenvalue weighted by Crippen LogP contribution is 2.44. The molecule has 0 saturated carbocycles. The molecule has 0 unspecified atom stereocenters. The van der Waals surface area contributed by atoms with E-state index in [4.69, 9.17) is 14.2 Å². The van der Waals surface area contributed by atoms with Crippen LogP contribution in [-0.2, 0) is 10.2 Å². The van der Waals surface area contributed by atoms with Crippen LogP contribution in [0.25, 0.3) is 11.6 Å². The van der Waals surface area contributed by atoms with Crippen LogP contribution in [0.4, 0.5) is 0 Å². The number of hydrogen-bond donors (Lipinski definition) is 0. The fourth-order valence-electron chi connectivity index (χ4n) is 3.36. The van der Waals surface area contributed by atoms with Crippen molar-refractivity contribution in [2.45, 2.75) is 46.0 Å². The topological polar surface area (TPSA) is 44.8 Å². The molecule has 0 bridgehead atoms. The summed E-state index contributed by atoms with van der Waals surface area (Å²) >= 11 is 0. The van der Waals surface area contributed by atoms with Gasteiger partial charge in [-0.25, -0.2) is 4.79 Å². The Bertz CT molecular complexity index is 946. The summed E-state index contributed by atoms with van der Waals surface area (Å²) in [6, 6.07) is 9.82. The summed E-state index contributed by atoms with van der Waals surface area (Å²) in [6.45, 7) is 10.7. The zero-order valence-electron chi connectivity index (χ0n) is 17.7. The predicted octanol–water partition coefficient (Wildman–Crippen LogP) is 5.58. The lowest BCUT2D eigenvalue weighted by atomic mass is 9.82. The summed E-state index contributed by atoms with van der Waals surface area (Å²) in [5.74, 6) is 1.97. The zero-order valence-corrected chi connectivity index (χ0v) is 17.7. The molecular weight excluding hydrogens is 352 g/mol. The van der Waals surface area contributed by atoms with E-state index in [1.165, 1.54) is 5.56 Å². The fourth-order valence-corrected chi connectivity index (χ4v) is 3.36. The minimum Gasteiger partial charge on any atom is -0.493 e. The van der Waals surface area contributed by atoms with Crippen molar-refractivity contribution in [2.75, 3.05) is 14.2 Å². The number of rotatable bonds is 4. The summed E-state index contributed by atoms with van der Waals surface area (Å²) < 4.78 is 16.4. The van der Waals surface area contributed by atoms with E-state index in [9.17, 15) is 4.79 Å². The van der Waals surface area contributed by atoms with E-state index >= 15 is 0 Å². The molecule has 0 radical (unpaired) electrons. The number of ether oxygens (including phenoxy) is 3. The van der Waals surface area contributed by atoms with Crippen LogP contribution in [0.1, 0.15) is 62.8 Å². The number of esters is 1. The smallest absolute Gasteiger partial charge is 0.344 e. The Balaban J connectivity index is 2.18. The van der Waals surface area contributed by atoms with Crippen LogP contribution in [0, 0.1) is 0 Å². The lowest BCUT2D eigenvalue weighted by Crippen LogP contribution is -2.14. The van der Waals surface area contributed by atoms with Crippen molar-refractivity contribution < 1.29 is 19.0 Å². The van der Waals surface area contributed by atoms with Gasteiger partial charge in [0.1, 0.15) is 5.75 Å². The summed E-state index contributed by atoms with van der Waals surface area (Å²) in [5, 5.41) is 0. The molecule has 3 rings (SSSR count). The molecule has 1 aliphatic rings. The van der Waals surface area contributed by atoms with Gasteiger partial charge in [-0.2, -0.15) is 0 Å². The number of hydrogen-bond acceptors (Lipinski definition) is 4. The van der Waals surface area contributed by atoms with Crippen molar-refractivity contribution in [3.63, 3.8) is 0 Å². The average Bonchev–Trinajstić information content (AvgIpc) is 2.95. The second-order valence-electron chi connectivity index (χ2n) is 8.41. The molecule has 0 atom stereocenters. The number of benzene rings is 2. The second kappa shape index (κ2) is 7.34. The third-order valence-electron chi connectivity index (χ3n) is 5.01. The normalized spacial score (nSPS) is 15.0. The first-order chi connectivity index (χ1) is 13.2. The first-order valence-corrected chi connectivity index (χ1v) is 9.50. The van der Waals surface area contributed by atoms with Crippen molar-refractivity contribution in [1.82, 2.24) is 0 Å². The first-order valence-electron chi connectivity index (χ1n) is 9.50. The summed E-state index contributed by atoms with van der Waals surface area (Å²) in [4.78, 5) is 12.7. The third kappa shape index (κ3) is 3.64. The van der Waals surface area contributed by atoms with Gasteiger partial charge in [0, 0.05) is 11.1 Å². The van der Waals surface area contributed by atoms with E-state index in [1.807, 2.05) is 24.3 Å². The first kappa shape index (κ1) is 20.0. The SMILES string of the molecule is COc1ccc(/C=C2/C(=O)Oc3c2cc(C(C)C)cc3C(C)(C)C)cc1OC. The predicted molar refractivity (Wildman–Crippen MR) is 112 cm³/mol. The van der Waals surface area contributed by atoms with E-state index in [0.717, 1.165) is 16.7 Å². The Labute approximate surface area is 167 Å². The highest BCUT2D eigenvalue weighted by molar-refractivity contribution is 6.26. The maximum atomic E-state index is 12.7. The fraction of sp³-hybridized carbons (Fsp3) is 0.375. The second-order valence-corrected chi connectivity index (χ2v) is 8.41. The van der Waals surface area contributed by atoms with Crippen molar-refractivity contribution in [2.24, 2.45) is 0 Å². The Morgan fingerprint density at radius 1 is 1.00 bits per heavy atom. The van der Waals surface area contributed by atoms with Gasteiger partial charge in [0.2, 0.25) is 0 Å². The molecular formula is C24H28O4. The van der Waals surface area contributed by atoms with Crippen LogP contribution in [0.5, 0.6) is 17.2 Å². The van der Waals surface area contributed by atoms with Crippen LogP contribution in [0.3, 0.4) is 0 Å². The minimum absolute atomic E-state index is 0.131. The average molecular weight is 380 g/mol. The Morgan fingerprint density at radius 3 is 2.25 bits per heavy atom. The van der Waals surface area contributed by atoms with E-state index < -0.39 is 0 Å². The third-order valence-corrected chi connectivity index (χ3v) is 5.01. The molecule has 0 aliphatic carbocycles. The molecule has 1 heterocycles. The number of fused-ring (bicyclic) bond motifs is 1. The molecule has 1 aliphatic heterocycles. The molecule has 2 aromatic rings. The summed E-state index contributed by atoms with van der Waals surface area (Å²) in [5.41, 5.74) is 4.39. The van der Waals surface area contributed by atoms with Gasteiger partial charge in [0.15, 0.2) is 11.5 Å². The Kier molecular flexibility index (Phi) is 5.24. The van der Waals surface area contributed by atoms with Crippen LogP contribution < -0.4 is 14.2 Å². The number of methoxy groups -OCH3 is 2. The number of carbonyl (C=O) groups is 1. The summed E-state index contributed by atoms with van der Waals surface area (Å²) in [6.07, 6.45) is 1.85. The van der Waals surface area contributed by atoms with Gasteiger partial charge < -0.3 is 14.2 Å². The summed E-state index contributed by atoms with van der Waals surface area (Å²) in [7, 11) is 3.19. The van der Waals surface area contributed by atoms with Crippen molar-refractivity contribution in [3.05, 3.63) is 52.6 Å². The largest absolute Gasteiger partial charge is 0.493 e. The van der Waals surface area contributed by atoms with Gasteiger partial charge in [0.25, 0.3) is 0 Å². The van der Waals surface area contributed by atoms with E-state index in [2.05, 4.69) is 46.8 Å². The molecule has 0 N–H and O–H groups in total. The molecule has 0 fully saturated rings. The van der Waals surface area contributed by atoms with Crippen molar-refractivity contribution >= 4 is 17.6 Å². The lowest BCUT2D eigenvalue weighted by molar-refractivity contribution is -0.127. The van der Waals surface area contributed by atoms with Crippen LogP contribution in [0.2, 0.25) is 0 Å². The van der Waals surface area contributed by atoms with E-state index in [1.54, 1.807) is 14.2 Å². The maximum absolute atomic E-state index is 12.7. The molecule has 148 valence electrons. The van der Waals surface area contributed by atoms with Gasteiger partial charge in [-0.1, -0.05) is 46.8 Å². The van der Waals surface area contributed by atoms with Crippen LogP contribution in [0.15, 0.2) is 30.3 Å². The Morgan fingerprint density at radius 2 is 1.68 bits per heavy atom. The minimum atomic E-state index is -0.323. The highest BCUT2D eigenvalue weighted by Gasteiger charge is 2.33. The molecule has 0 spiro atoms.